The van der Waals surface area contributed by atoms with Crippen LogP contribution in [0.15, 0.2) is 54.4 Å². The van der Waals surface area contributed by atoms with Gasteiger partial charge in [0.05, 0.1) is 5.70 Å². The number of nitrogens with zero attached hydrogens (tertiary/aromatic N) is 2. The van der Waals surface area contributed by atoms with Gasteiger partial charge in [-0.3, -0.25) is 10.2 Å². The van der Waals surface area contributed by atoms with E-state index in [1.54, 1.807) is 0 Å². The predicted molar refractivity (Wildman–Crippen MR) is 62.1 cm³/mol. The first-order chi connectivity index (χ1) is 7.34. The highest BCUT2D eigenvalue weighted by molar-refractivity contribution is 5.21. The highest BCUT2D eigenvalue weighted by Gasteiger charge is 2.05. The van der Waals surface area contributed by atoms with Gasteiger partial charge in [0.2, 0.25) is 0 Å². The lowest BCUT2D eigenvalue weighted by Crippen LogP contribution is -2.22. The van der Waals surface area contributed by atoms with E-state index in [9.17, 15) is 0 Å². The summed E-state index contributed by atoms with van der Waals surface area (Å²) in [6, 6.07) is 10.5. The van der Waals surface area contributed by atoms with E-state index in [2.05, 4.69) is 47.6 Å². The molecule has 2 rings (SSSR count). The molecule has 1 aliphatic heterocycles. The molecule has 0 aromatic heterocycles. The molecule has 1 aromatic rings. The van der Waals surface area contributed by atoms with Crippen LogP contribution in [0.2, 0.25) is 0 Å². The molecule has 0 bridgehead atoms. The number of benzene rings is 1. The van der Waals surface area contributed by atoms with Crippen molar-refractivity contribution in [2.75, 3.05) is 13.6 Å². The van der Waals surface area contributed by atoms with Gasteiger partial charge in [0.15, 0.2) is 0 Å². The van der Waals surface area contributed by atoms with Crippen LogP contribution in [0.1, 0.15) is 5.56 Å². The van der Waals surface area contributed by atoms with Crippen molar-refractivity contribution in [3.8, 4) is 0 Å². The third-order valence-electron chi connectivity index (χ3n) is 2.34. The molecule has 1 aliphatic rings. The van der Waals surface area contributed by atoms with Crippen molar-refractivity contribution < 1.29 is 0 Å². The summed E-state index contributed by atoms with van der Waals surface area (Å²) in [5.41, 5.74) is 2.47. The Balaban J connectivity index is 1.85. The fourth-order valence-electron chi connectivity index (χ4n) is 1.66. The van der Waals surface area contributed by atoms with Crippen LogP contribution in [0.25, 0.3) is 0 Å². The van der Waals surface area contributed by atoms with E-state index in [1.165, 1.54) is 5.56 Å². The van der Waals surface area contributed by atoms with E-state index >= 15 is 0 Å². The highest BCUT2D eigenvalue weighted by atomic mass is 15.1. The van der Waals surface area contributed by atoms with Crippen molar-refractivity contribution in [2.24, 2.45) is 0 Å². The average Bonchev–Trinajstić information content (AvgIpc) is 2.71. The Bertz CT molecular complexity index is 365. The number of hydrogen-bond acceptors (Lipinski definition) is 1. The second kappa shape index (κ2) is 4.80. The number of allylic oxidation sites excluding steroid dienone is 2. The predicted octanol–water partition coefficient (Wildman–Crippen LogP) is 2.13. The molecule has 1 radical (unpaired) electrons. The Morgan fingerprint density at radius 1 is 1.13 bits per heavy atom. The normalized spacial score (nSPS) is 14.1. The van der Waals surface area contributed by atoms with Crippen molar-refractivity contribution in [1.29, 1.82) is 0 Å². The van der Waals surface area contributed by atoms with E-state index in [-0.39, 0.29) is 0 Å². The molecule has 0 atom stereocenters. The van der Waals surface area contributed by atoms with Gasteiger partial charge in [-0.25, -0.2) is 0 Å². The van der Waals surface area contributed by atoms with Gasteiger partial charge < -0.3 is 0 Å². The summed E-state index contributed by atoms with van der Waals surface area (Å²) in [5.74, 6) is 0. The Morgan fingerprint density at radius 3 is 2.60 bits per heavy atom. The molecule has 15 heavy (non-hydrogen) atoms. The van der Waals surface area contributed by atoms with Gasteiger partial charge in [-0.2, -0.15) is 0 Å². The van der Waals surface area contributed by atoms with E-state index in [4.69, 9.17) is 0 Å². The molecule has 0 saturated heterocycles. The first-order valence-electron chi connectivity index (χ1n) is 5.13. The lowest BCUT2D eigenvalue weighted by atomic mass is 10.2. The maximum atomic E-state index is 4.26. The van der Waals surface area contributed by atoms with Crippen LogP contribution in [-0.4, -0.2) is 18.5 Å². The maximum absolute atomic E-state index is 4.26. The van der Waals surface area contributed by atoms with Crippen LogP contribution in [0, 0.1) is 0 Å². The summed E-state index contributed by atoms with van der Waals surface area (Å²) in [6.07, 6.45) is 5.87. The standard InChI is InChI=1S/C13H15N2/c1-15(11-13-8-5-9-14-13)10-12-6-3-2-4-7-12/h2-9H,10-11H2,1H3. The molecule has 0 fully saturated rings. The molecular formula is C13H15N2. The lowest BCUT2D eigenvalue weighted by Gasteiger charge is -2.16. The van der Waals surface area contributed by atoms with Gasteiger partial charge in [-0.05, 0) is 24.8 Å². The largest absolute Gasteiger partial charge is 0.296 e. The Hall–Kier alpha value is -1.54. The number of hydrogen-bond donors (Lipinski definition) is 0. The molecule has 1 aromatic carbocycles. The van der Waals surface area contributed by atoms with Crippen molar-refractivity contribution in [3.63, 3.8) is 0 Å². The highest BCUT2D eigenvalue weighted by Crippen LogP contribution is 2.06. The van der Waals surface area contributed by atoms with Gasteiger partial charge in [0.1, 0.15) is 0 Å². The van der Waals surface area contributed by atoms with Gasteiger partial charge in [0.25, 0.3) is 0 Å². The minimum absolute atomic E-state index is 0.905. The Labute approximate surface area is 90.9 Å². The van der Waals surface area contributed by atoms with Crippen LogP contribution in [-0.2, 0) is 6.54 Å². The molecule has 2 nitrogen and oxygen atoms in total. The summed E-state index contributed by atoms with van der Waals surface area (Å²) in [7, 11) is 2.11. The van der Waals surface area contributed by atoms with Crippen LogP contribution in [0.5, 0.6) is 0 Å². The summed E-state index contributed by atoms with van der Waals surface area (Å²) in [6.45, 7) is 1.87. The Kier molecular flexibility index (Phi) is 3.20. The molecule has 1 heterocycles. The SMILES string of the molecule is CN(CC1=CC=C[N]1)Cc1ccccc1. The van der Waals surface area contributed by atoms with Crippen molar-refractivity contribution in [2.45, 2.75) is 6.54 Å². The topological polar surface area (TPSA) is 17.3 Å². The molecule has 77 valence electrons. The number of likely N-dealkylation sites (N-methyl/N-ethyl adjacent to an activating group) is 1. The molecule has 0 N–H and O–H groups in total. The van der Waals surface area contributed by atoms with Crippen molar-refractivity contribution >= 4 is 0 Å². The zero-order valence-electron chi connectivity index (χ0n) is 8.93. The minimum atomic E-state index is 0.905. The first-order valence-corrected chi connectivity index (χ1v) is 5.13. The van der Waals surface area contributed by atoms with Gasteiger partial charge >= 0.3 is 0 Å². The molecule has 2 heteroatoms. The molecule has 0 spiro atoms. The van der Waals surface area contributed by atoms with Gasteiger partial charge in [0, 0.05) is 19.3 Å². The van der Waals surface area contributed by atoms with E-state index in [1.807, 2.05) is 18.3 Å². The lowest BCUT2D eigenvalue weighted by molar-refractivity contribution is 0.350. The van der Waals surface area contributed by atoms with E-state index in [0.29, 0.717) is 0 Å². The van der Waals surface area contributed by atoms with Crippen LogP contribution in [0.4, 0.5) is 0 Å². The second-order valence-electron chi connectivity index (χ2n) is 3.79. The zero-order chi connectivity index (χ0) is 10.5. The Morgan fingerprint density at radius 2 is 1.93 bits per heavy atom. The van der Waals surface area contributed by atoms with Crippen LogP contribution >= 0.6 is 0 Å². The maximum Gasteiger partial charge on any atom is 0.0544 e. The smallest absolute Gasteiger partial charge is 0.0544 e. The summed E-state index contributed by atoms with van der Waals surface area (Å²) < 4.78 is 0. The van der Waals surface area contributed by atoms with Crippen molar-refractivity contribution in [1.82, 2.24) is 10.2 Å². The van der Waals surface area contributed by atoms with Crippen LogP contribution < -0.4 is 5.32 Å². The minimum Gasteiger partial charge on any atom is -0.296 e. The third-order valence-corrected chi connectivity index (χ3v) is 2.34. The monoisotopic (exact) mass is 199 g/mol. The fourth-order valence-corrected chi connectivity index (χ4v) is 1.66. The second-order valence-corrected chi connectivity index (χ2v) is 3.79. The van der Waals surface area contributed by atoms with Crippen LogP contribution in [0.3, 0.4) is 0 Å². The van der Waals surface area contributed by atoms with Gasteiger partial charge in [-0.15, -0.1) is 0 Å². The zero-order valence-corrected chi connectivity index (χ0v) is 8.93. The van der Waals surface area contributed by atoms with E-state index in [0.717, 1.165) is 18.8 Å². The van der Waals surface area contributed by atoms with E-state index < -0.39 is 0 Å². The fraction of sp³-hybridized carbons (Fsp3) is 0.231. The number of rotatable bonds is 4. The molecule has 0 aliphatic carbocycles. The summed E-state index contributed by atoms with van der Waals surface area (Å²) in [5, 5.41) is 4.26. The molecule has 0 amide bonds. The molecule has 0 unspecified atom stereocenters. The summed E-state index contributed by atoms with van der Waals surface area (Å²) in [4.78, 5) is 2.26. The van der Waals surface area contributed by atoms with Crippen molar-refractivity contribution in [3.05, 3.63) is 59.9 Å². The molecule has 0 saturated carbocycles. The third kappa shape index (κ3) is 2.96. The first kappa shape index (κ1) is 9.99. The van der Waals surface area contributed by atoms with Gasteiger partial charge in [-0.1, -0.05) is 30.3 Å². The quantitative estimate of drug-likeness (QED) is 0.726. The molecular weight excluding hydrogens is 184 g/mol. The average molecular weight is 199 g/mol. The summed E-state index contributed by atoms with van der Waals surface area (Å²) >= 11 is 0.